The smallest absolute Gasteiger partial charge is 0.251 e. The number of anilines is 2. The van der Waals surface area contributed by atoms with Crippen LogP contribution in [0.25, 0.3) is 16.9 Å². The summed E-state index contributed by atoms with van der Waals surface area (Å²) >= 11 is 0. The van der Waals surface area contributed by atoms with E-state index in [1.54, 1.807) is 41.8 Å². The van der Waals surface area contributed by atoms with Crippen LogP contribution >= 0.6 is 0 Å². The second-order valence-corrected chi connectivity index (χ2v) is 9.85. The predicted molar refractivity (Wildman–Crippen MR) is 152 cm³/mol. The highest BCUT2D eigenvalue weighted by molar-refractivity contribution is 5.96. The van der Waals surface area contributed by atoms with Crippen LogP contribution in [0.1, 0.15) is 22.3 Å². The van der Waals surface area contributed by atoms with Gasteiger partial charge in [-0.25, -0.2) is 14.4 Å². The molecule has 43 heavy (non-hydrogen) atoms. The Morgan fingerprint density at radius 3 is 2.74 bits per heavy atom. The molecule has 222 valence electrons. The van der Waals surface area contributed by atoms with Crippen LogP contribution in [0.3, 0.4) is 0 Å². The number of β-amino-alcohol motifs (C(OH)–C–C–N with tert-alkyl or cyclic N) is 1. The molecule has 0 unspecified atom stereocenters. The van der Waals surface area contributed by atoms with Crippen LogP contribution in [0.15, 0.2) is 48.9 Å². The standard InChI is InChI=1S/C29H28F2N8O4/c1-16-12-17(2-3-19(16)28(41)34-7-8-35-29(42)21-13-18(40)14-36-21)38-26-27-37-15-22(39(27)10-9-33-26)20-4-5-23(43-11-6-32)25(31)24(20)30/h2-5,9-10,12,15,18,21,36,40H,7-8,11,13-14H2,1H3,(H,33,38)(H,34,41)(H,35,42)/t18-,21+/m1/s1. The fourth-order valence-electron chi connectivity index (χ4n) is 4.79. The molecule has 0 radical (unpaired) electrons. The maximum absolute atomic E-state index is 14.9. The first-order chi connectivity index (χ1) is 20.8. The summed E-state index contributed by atoms with van der Waals surface area (Å²) < 4.78 is 35.9. The summed E-state index contributed by atoms with van der Waals surface area (Å²) in [6.45, 7) is 2.22. The average Bonchev–Trinajstić information content (AvgIpc) is 3.63. The number of nitriles is 1. The van der Waals surface area contributed by atoms with E-state index in [0.717, 1.165) is 0 Å². The van der Waals surface area contributed by atoms with Crippen molar-refractivity contribution >= 4 is 29.0 Å². The quantitative estimate of drug-likeness (QED) is 0.174. The van der Waals surface area contributed by atoms with Crippen LogP contribution < -0.4 is 26.0 Å². The lowest BCUT2D eigenvalue weighted by Gasteiger charge is -2.13. The number of nitrogens with one attached hydrogen (secondary N) is 4. The molecule has 1 aliphatic rings. The predicted octanol–water partition coefficient (Wildman–Crippen LogP) is 2.20. The lowest BCUT2D eigenvalue weighted by Crippen LogP contribution is -2.43. The summed E-state index contributed by atoms with van der Waals surface area (Å²) in [5, 5.41) is 29.8. The van der Waals surface area contributed by atoms with E-state index in [1.165, 1.54) is 24.5 Å². The number of halogens is 2. The van der Waals surface area contributed by atoms with Gasteiger partial charge in [0.15, 0.2) is 29.6 Å². The summed E-state index contributed by atoms with van der Waals surface area (Å²) in [5.41, 5.74) is 2.33. The number of ether oxygens (including phenoxy) is 1. The highest BCUT2D eigenvalue weighted by Gasteiger charge is 2.27. The van der Waals surface area contributed by atoms with Crippen LogP contribution in [-0.2, 0) is 4.79 Å². The van der Waals surface area contributed by atoms with Crippen molar-refractivity contribution in [2.45, 2.75) is 25.5 Å². The third kappa shape index (κ3) is 6.37. The van der Waals surface area contributed by atoms with Gasteiger partial charge in [-0.2, -0.15) is 9.65 Å². The second kappa shape index (κ2) is 12.8. The third-order valence-electron chi connectivity index (χ3n) is 6.91. The lowest BCUT2D eigenvalue weighted by molar-refractivity contribution is -0.122. The van der Waals surface area contributed by atoms with E-state index in [2.05, 4.69) is 31.2 Å². The Labute approximate surface area is 244 Å². The highest BCUT2D eigenvalue weighted by Crippen LogP contribution is 2.31. The number of aliphatic hydroxyl groups is 1. The Hall–Kier alpha value is -5.13. The summed E-state index contributed by atoms with van der Waals surface area (Å²) in [5.74, 6) is -2.88. The first kappa shape index (κ1) is 29.4. The van der Waals surface area contributed by atoms with Crippen molar-refractivity contribution < 1.29 is 28.2 Å². The molecule has 2 amide bonds. The van der Waals surface area contributed by atoms with Gasteiger partial charge in [0.1, 0.15) is 6.07 Å². The molecular formula is C29H28F2N8O4. The van der Waals surface area contributed by atoms with Crippen LogP contribution in [-0.4, -0.2) is 69.7 Å². The molecule has 2 atom stereocenters. The first-order valence-electron chi connectivity index (χ1n) is 13.4. The van der Waals surface area contributed by atoms with Gasteiger partial charge in [-0.3, -0.25) is 14.0 Å². The Morgan fingerprint density at radius 1 is 1.19 bits per heavy atom. The van der Waals surface area contributed by atoms with Gasteiger partial charge >= 0.3 is 0 Å². The number of rotatable bonds is 10. The Bertz CT molecular complexity index is 1720. The zero-order valence-corrected chi connectivity index (χ0v) is 23.0. The SMILES string of the molecule is Cc1cc(Nc2nccn3c(-c4ccc(OCC#N)c(F)c4F)cnc23)ccc1C(=O)NCCNC(=O)[C@@H]1C[C@@H](O)CN1. The Kier molecular flexibility index (Phi) is 8.74. The monoisotopic (exact) mass is 590 g/mol. The molecule has 1 saturated heterocycles. The molecule has 2 aromatic carbocycles. The van der Waals surface area contributed by atoms with Gasteiger partial charge in [-0.1, -0.05) is 0 Å². The summed E-state index contributed by atoms with van der Waals surface area (Å²) in [6.07, 6.45) is 4.27. The minimum absolute atomic E-state index is 0.0498. The number of fused-ring (bicyclic) bond motifs is 1. The molecule has 5 N–H and O–H groups in total. The van der Waals surface area contributed by atoms with Crippen molar-refractivity contribution in [1.29, 1.82) is 5.26 Å². The van der Waals surface area contributed by atoms with Crippen LogP contribution in [0.2, 0.25) is 0 Å². The molecule has 0 bridgehead atoms. The number of hydrogen-bond donors (Lipinski definition) is 5. The second-order valence-electron chi connectivity index (χ2n) is 9.85. The zero-order chi connectivity index (χ0) is 30.5. The Balaban J connectivity index is 1.24. The van der Waals surface area contributed by atoms with E-state index in [9.17, 15) is 23.5 Å². The van der Waals surface area contributed by atoms with Crippen LogP contribution in [0.4, 0.5) is 20.3 Å². The number of carbonyl (C=O) groups is 2. The molecule has 3 heterocycles. The number of aliphatic hydroxyl groups excluding tert-OH is 1. The van der Waals surface area contributed by atoms with E-state index in [4.69, 9.17) is 10.00 Å². The van der Waals surface area contributed by atoms with Gasteiger partial charge in [0.05, 0.1) is 24.0 Å². The molecule has 14 heteroatoms. The molecule has 1 aliphatic heterocycles. The number of benzene rings is 2. The average molecular weight is 591 g/mol. The third-order valence-corrected chi connectivity index (χ3v) is 6.91. The van der Waals surface area contributed by atoms with Gasteiger partial charge in [-0.15, -0.1) is 0 Å². The maximum Gasteiger partial charge on any atom is 0.251 e. The Morgan fingerprint density at radius 2 is 2.00 bits per heavy atom. The molecule has 12 nitrogen and oxygen atoms in total. The number of imidazole rings is 1. The minimum Gasteiger partial charge on any atom is -0.476 e. The van der Waals surface area contributed by atoms with Gasteiger partial charge in [-0.05, 0) is 49.2 Å². The van der Waals surface area contributed by atoms with E-state index in [-0.39, 0.29) is 41.9 Å². The summed E-state index contributed by atoms with van der Waals surface area (Å²) in [6, 6.07) is 8.99. The largest absolute Gasteiger partial charge is 0.476 e. The zero-order valence-electron chi connectivity index (χ0n) is 23.0. The molecular weight excluding hydrogens is 562 g/mol. The van der Waals surface area contributed by atoms with Crippen molar-refractivity contribution in [2.75, 3.05) is 31.6 Å². The lowest BCUT2D eigenvalue weighted by atomic mass is 10.1. The first-order valence-corrected chi connectivity index (χ1v) is 13.4. The molecule has 4 aromatic rings. The number of nitrogens with zero attached hydrogens (tertiary/aromatic N) is 4. The maximum atomic E-state index is 14.9. The van der Waals surface area contributed by atoms with Crippen LogP contribution in [0.5, 0.6) is 5.75 Å². The molecule has 5 rings (SSSR count). The molecule has 0 saturated carbocycles. The normalized spacial score (nSPS) is 16.1. The number of amides is 2. The van der Waals surface area contributed by atoms with Crippen molar-refractivity contribution in [3.63, 3.8) is 0 Å². The summed E-state index contributed by atoms with van der Waals surface area (Å²) in [4.78, 5) is 33.5. The highest BCUT2D eigenvalue weighted by atomic mass is 19.2. The number of hydrogen-bond acceptors (Lipinski definition) is 9. The van der Waals surface area contributed by atoms with Gasteiger partial charge in [0.25, 0.3) is 5.91 Å². The number of carbonyl (C=O) groups excluding carboxylic acids is 2. The van der Waals surface area contributed by atoms with Crippen molar-refractivity contribution in [3.8, 4) is 23.1 Å². The van der Waals surface area contributed by atoms with E-state index in [1.807, 2.05) is 0 Å². The van der Waals surface area contributed by atoms with E-state index >= 15 is 0 Å². The van der Waals surface area contributed by atoms with Crippen LogP contribution in [0, 0.1) is 29.9 Å². The number of aromatic nitrogens is 3. The van der Waals surface area contributed by atoms with Crippen molar-refractivity contribution in [2.24, 2.45) is 0 Å². The van der Waals surface area contributed by atoms with Crippen molar-refractivity contribution in [1.82, 2.24) is 30.3 Å². The molecule has 1 fully saturated rings. The fourth-order valence-corrected chi connectivity index (χ4v) is 4.79. The van der Waals surface area contributed by atoms with Crippen molar-refractivity contribution in [3.05, 3.63) is 71.7 Å². The molecule has 0 aliphatic carbocycles. The van der Waals surface area contributed by atoms with E-state index in [0.29, 0.717) is 41.2 Å². The van der Waals surface area contributed by atoms with Gasteiger partial charge in [0, 0.05) is 48.8 Å². The molecule has 0 spiro atoms. The topological polar surface area (TPSA) is 166 Å². The van der Waals surface area contributed by atoms with E-state index < -0.39 is 30.4 Å². The van der Waals surface area contributed by atoms with Gasteiger partial charge in [0.2, 0.25) is 11.7 Å². The number of aryl methyl sites for hydroxylation is 1. The van der Waals surface area contributed by atoms with Gasteiger partial charge < -0.3 is 31.1 Å². The summed E-state index contributed by atoms with van der Waals surface area (Å²) in [7, 11) is 0. The fraction of sp³-hybridized carbons (Fsp3) is 0.276. The molecule has 2 aromatic heterocycles. The minimum atomic E-state index is -1.21.